The molecule has 1 unspecified atom stereocenters. The number of nitrogens with zero attached hydrogens (tertiary/aromatic N) is 3. The van der Waals surface area contributed by atoms with Crippen LogP contribution >= 0.6 is 0 Å². The molecule has 0 spiro atoms. The molecule has 152 valence electrons. The largest absolute Gasteiger partial charge is 0.370 e. The SMILES string of the molecule is CCC(C)C(=O)Nc1ncc(-c2c[nH]c3ccccc23)nc1CCCN=C(N)N. The summed E-state index contributed by atoms with van der Waals surface area (Å²) >= 11 is 0. The summed E-state index contributed by atoms with van der Waals surface area (Å²) < 4.78 is 0. The zero-order valence-electron chi connectivity index (χ0n) is 16.8. The third-order valence-corrected chi connectivity index (χ3v) is 4.88. The van der Waals surface area contributed by atoms with Crippen molar-refractivity contribution in [3.05, 3.63) is 42.4 Å². The van der Waals surface area contributed by atoms with Crippen molar-refractivity contribution in [3.63, 3.8) is 0 Å². The molecule has 0 fully saturated rings. The normalized spacial score (nSPS) is 11.9. The van der Waals surface area contributed by atoms with Gasteiger partial charge < -0.3 is 21.8 Å². The van der Waals surface area contributed by atoms with Crippen molar-refractivity contribution in [1.29, 1.82) is 0 Å². The summed E-state index contributed by atoms with van der Waals surface area (Å²) in [5.74, 6) is 0.393. The summed E-state index contributed by atoms with van der Waals surface area (Å²) in [7, 11) is 0. The van der Waals surface area contributed by atoms with Gasteiger partial charge in [-0.05, 0) is 25.3 Å². The second-order valence-corrected chi connectivity index (χ2v) is 7.01. The molecule has 1 amide bonds. The molecule has 6 N–H and O–H groups in total. The number of carbonyl (C=O) groups is 1. The highest BCUT2D eigenvalue weighted by Crippen LogP contribution is 2.28. The van der Waals surface area contributed by atoms with E-state index in [9.17, 15) is 4.79 Å². The number of nitrogens with two attached hydrogens (primary N) is 2. The predicted molar refractivity (Wildman–Crippen MR) is 116 cm³/mol. The third-order valence-electron chi connectivity index (χ3n) is 4.88. The summed E-state index contributed by atoms with van der Waals surface area (Å²) in [5, 5.41) is 3.99. The number of guanidine groups is 1. The number of aryl methyl sites for hydroxylation is 1. The molecule has 2 heterocycles. The summed E-state index contributed by atoms with van der Waals surface area (Å²) in [6, 6.07) is 8.03. The maximum absolute atomic E-state index is 12.4. The highest BCUT2D eigenvalue weighted by atomic mass is 16.1. The number of rotatable bonds is 8. The standard InChI is InChI=1S/C21H27N7O/c1-3-13(2)20(29)28-19-17(9-6-10-24-21(22)23)27-18(12-26-19)15-11-25-16-8-5-4-7-14(15)16/h4-5,7-8,11-13,25H,3,6,9-10H2,1-2H3,(H4,22,23,24)(H,26,28,29). The Balaban J connectivity index is 1.92. The van der Waals surface area contributed by atoms with E-state index < -0.39 is 0 Å². The number of nitrogens with one attached hydrogen (secondary N) is 2. The lowest BCUT2D eigenvalue weighted by Gasteiger charge is -2.13. The maximum Gasteiger partial charge on any atom is 0.228 e. The number of H-pyrrole nitrogens is 1. The van der Waals surface area contributed by atoms with Gasteiger partial charge in [-0.1, -0.05) is 32.0 Å². The van der Waals surface area contributed by atoms with E-state index in [-0.39, 0.29) is 17.8 Å². The molecule has 0 aliphatic heterocycles. The first-order chi connectivity index (χ1) is 14.0. The number of fused-ring (bicyclic) bond motifs is 1. The van der Waals surface area contributed by atoms with E-state index in [1.54, 1.807) is 6.20 Å². The average Bonchev–Trinajstić information content (AvgIpc) is 3.15. The fourth-order valence-electron chi connectivity index (χ4n) is 3.00. The van der Waals surface area contributed by atoms with Gasteiger partial charge in [0.05, 0.1) is 17.6 Å². The van der Waals surface area contributed by atoms with Crippen LogP contribution in [0.3, 0.4) is 0 Å². The number of aliphatic imine (C=N–C) groups is 1. The molecule has 3 rings (SSSR count). The van der Waals surface area contributed by atoms with Crippen LogP contribution in [-0.4, -0.2) is 33.4 Å². The molecule has 3 aromatic rings. The molecular formula is C21H27N7O. The number of benzene rings is 1. The number of hydrogen-bond acceptors (Lipinski definition) is 4. The first kappa shape index (κ1) is 20.3. The molecule has 2 aromatic heterocycles. The Morgan fingerprint density at radius 2 is 2.10 bits per heavy atom. The van der Waals surface area contributed by atoms with Crippen LogP contribution in [0.15, 0.2) is 41.7 Å². The van der Waals surface area contributed by atoms with Crippen LogP contribution in [0.2, 0.25) is 0 Å². The van der Waals surface area contributed by atoms with Gasteiger partial charge >= 0.3 is 0 Å². The Kier molecular flexibility index (Phi) is 6.43. The Labute approximate surface area is 169 Å². The van der Waals surface area contributed by atoms with Crippen molar-refractivity contribution < 1.29 is 4.79 Å². The zero-order valence-corrected chi connectivity index (χ0v) is 16.8. The molecule has 8 heteroatoms. The van der Waals surface area contributed by atoms with Crippen LogP contribution in [0.1, 0.15) is 32.4 Å². The monoisotopic (exact) mass is 393 g/mol. The van der Waals surface area contributed by atoms with Gasteiger partial charge in [0.1, 0.15) is 0 Å². The lowest BCUT2D eigenvalue weighted by molar-refractivity contribution is -0.119. The first-order valence-corrected chi connectivity index (χ1v) is 9.78. The van der Waals surface area contributed by atoms with E-state index in [0.29, 0.717) is 25.2 Å². The van der Waals surface area contributed by atoms with Gasteiger partial charge in [-0.2, -0.15) is 0 Å². The summed E-state index contributed by atoms with van der Waals surface area (Å²) in [4.78, 5) is 29.0. The fraction of sp³-hybridized carbons (Fsp3) is 0.333. The molecule has 0 aliphatic carbocycles. The molecule has 29 heavy (non-hydrogen) atoms. The Bertz CT molecular complexity index is 1020. The van der Waals surface area contributed by atoms with E-state index in [1.807, 2.05) is 44.3 Å². The van der Waals surface area contributed by atoms with E-state index in [1.165, 1.54) is 0 Å². The molecule has 1 atom stereocenters. The van der Waals surface area contributed by atoms with E-state index >= 15 is 0 Å². The van der Waals surface area contributed by atoms with Crippen LogP contribution in [0.4, 0.5) is 5.82 Å². The molecule has 0 saturated carbocycles. The van der Waals surface area contributed by atoms with Crippen LogP contribution in [0.5, 0.6) is 0 Å². The van der Waals surface area contributed by atoms with Crippen molar-refractivity contribution in [2.75, 3.05) is 11.9 Å². The maximum atomic E-state index is 12.4. The number of aromatic nitrogens is 3. The lowest BCUT2D eigenvalue weighted by Crippen LogP contribution is -2.23. The summed E-state index contributed by atoms with van der Waals surface area (Å²) in [6.07, 6.45) is 5.66. The number of anilines is 1. The van der Waals surface area contributed by atoms with Crippen molar-refractivity contribution >= 4 is 28.6 Å². The number of amides is 1. The minimum atomic E-state index is -0.0976. The first-order valence-electron chi connectivity index (χ1n) is 9.78. The lowest BCUT2D eigenvalue weighted by atomic mass is 10.1. The zero-order chi connectivity index (χ0) is 20.8. The fourth-order valence-corrected chi connectivity index (χ4v) is 3.00. The molecule has 1 aromatic carbocycles. The molecule has 0 radical (unpaired) electrons. The Hall–Kier alpha value is -3.42. The van der Waals surface area contributed by atoms with Gasteiger partial charge in [-0.15, -0.1) is 0 Å². The highest BCUT2D eigenvalue weighted by Gasteiger charge is 2.16. The second-order valence-electron chi connectivity index (χ2n) is 7.01. The predicted octanol–water partition coefficient (Wildman–Crippen LogP) is 2.82. The Morgan fingerprint density at radius 1 is 1.31 bits per heavy atom. The number of para-hydroxylation sites is 1. The van der Waals surface area contributed by atoms with E-state index in [2.05, 4.69) is 20.3 Å². The average molecular weight is 393 g/mol. The smallest absolute Gasteiger partial charge is 0.228 e. The minimum absolute atomic E-state index is 0.0629. The Morgan fingerprint density at radius 3 is 2.86 bits per heavy atom. The summed E-state index contributed by atoms with van der Waals surface area (Å²) in [5.41, 5.74) is 14.3. The highest BCUT2D eigenvalue weighted by molar-refractivity contribution is 5.95. The third kappa shape index (κ3) is 4.90. The van der Waals surface area contributed by atoms with Gasteiger partial charge in [0, 0.05) is 35.1 Å². The van der Waals surface area contributed by atoms with Crippen molar-refractivity contribution in [2.24, 2.45) is 22.4 Å². The van der Waals surface area contributed by atoms with Crippen LogP contribution < -0.4 is 16.8 Å². The van der Waals surface area contributed by atoms with Crippen molar-refractivity contribution in [1.82, 2.24) is 15.0 Å². The van der Waals surface area contributed by atoms with Crippen LogP contribution in [0.25, 0.3) is 22.2 Å². The molecule has 0 aliphatic rings. The van der Waals surface area contributed by atoms with E-state index in [4.69, 9.17) is 16.5 Å². The van der Waals surface area contributed by atoms with Crippen LogP contribution in [0, 0.1) is 5.92 Å². The second kappa shape index (κ2) is 9.18. The summed E-state index contributed by atoms with van der Waals surface area (Å²) in [6.45, 7) is 4.35. The van der Waals surface area contributed by atoms with Crippen LogP contribution in [-0.2, 0) is 11.2 Å². The van der Waals surface area contributed by atoms with Gasteiger partial charge in [0.2, 0.25) is 5.91 Å². The van der Waals surface area contributed by atoms with Crippen molar-refractivity contribution in [2.45, 2.75) is 33.1 Å². The molecule has 0 bridgehead atoms. The number of carbonyl (C=O) groups excluding carboxylic acids is 1. The van der Waals surface area contributed by atoms with Gasteiger partial charge in [-0.25, -0.2) is 9.97 Å². The van der Waals surface area contributed by atoms with Gasteiger partial charge in [0.15, 0.2) is 11.8 Å². The molecule has 0 saturated heterocycles. The minimum Gasteiger partial charge on any atom is -0.370 e. The number of hydrogen-bond donors (Lipinski definition) is 4. The quantitative estimate of drug-likeness (QED) is 0.265. The van der Waals surface area contributed by atoms with Gasteiger partial charge in [-0.3, -0.25) is 9.79 Å². The van der Waals surface area contributed by atoms with Crippen molar-refractivity contribution in [3.8, 4) is 11.3 Å². The van der Waals surface area contributed by atoms with Gasteiger partial charge in [0.25, 0.3) is 0 Å². The molecule has 8 nitrogen and oxygen atoms in total. The topological polar surface area (TPSA) is 135 Å². The number of aromatic amines is 1. The molecular weight excluding hydrogens is 366 g/mol. The van der Waals surface area contributed by atoms with E-state index in [0.717, 1.165) is 34.3 Å².